The number of rotatable bonds is 5. The van der Waals surface area contributed by atoms with Gasteiger partial charge in [0, 0.05) is 0 Å². The average molecular weight is 382 g/mol. The van der Waals surface area contributed by atoms with Gasteiger partial charge >= 0.3 is 35.8 Å². The molecule has 0 spiro atoms. The van der Waals surface area contributed by atoms with Crippen molar-refractivity contribution in [1.29, 1.82) is 0 Å². The van der Waals surface area contributed by atoms with Crippen molar-refractivity contribution in [2.45, 2.75) is 35.8 Å². The molecule has 0 rings (SSSR count). The lowest BCUT2D eigenvalue weighted by Gasteiger charge is -2.39. The molecular formula is C8HF15. The predicted octanol–water partition coefficient (Wildman–Crippen LogP) is 5.51. The van der Waals surface area contributed by atoms with Crippen LogP contribution in [0.5, 0.6) is 0 Å². The Hall–Kier alpha value is -1.31. The van der Waals surface area contributed by atoms with Crippen molar-refractivity contribution < 1.29 is 65.9 Å². The molecule has 0 radical (unpaired) electrons. The first kappa shape index (κ1) is 21.7. The van der Waals surface area contributed by atoms with Gasteiger partial charge in [0.15, 0.2) is 0 Å². The Bertz CT molecular complexity index is 466. The zero-order chi connectivity index (χ0) is 19.3. The number of hydrogen-bond donors (Lipinski definition) is 0. The van der Waals surface area contributed by atoms with E-state index in [9.17, 15) is 65.9 Å². The maximum Gasteiger partial charge on any atom is 0.460 e. The molecule has 0 aromatic heterocycles. The summed E-state index contributed by atoms with van der Waals surface area (Å²) in [7, 11) is 0. The topological polar surface area (TPSA) is 0 Å². The highest BCUT2D eigenvalue weighted by Gasteiger charge is 2.91. The Morgan fingerprint density at radius 1 is 0.522 bits per heavy atom. The molecule has 0 amide bonds. The molecule has 15 heteroatoms. The fourth-order valence-electron chi connectivity index (χ4n) is 0.988. The minimum atomic E-state index is -8.14. The van der Waals surface area contributed by atoms with Gasteiger partial charge in [-0.25, -0.2) is 8.78 Å². The van der Waals surface area contributed by atoms with E-state index < -0.39 is 47.9 Å². The van der Waals surface area contributed by atoms with Gasteiger partial charge in [0.05, 0.1) is 0 Å². The Kier molecular flexibility index (Phi) is 5.05. The lowest BCUT2D eigenvalue weighted by Crippen LogP contribution is -2.70. The Morgan fingerprint density at radius 2 is 0.826 bits per heavy atom. The van der Waals surface area contributed by atoms with E-state index in [-0.39, 0.29) is 0 Å². The third-order valence-electron chi connectivity index (χ3n) is 2.33. The SMILES string of the molecule is FC=C(F)C(F)(F)C(F)(F)C(F)(F)C(F)(F)C(F)(F)C(F)(F)F. The van der Waals surface area contributed by atoms with Gasteiger partial charge in [-0.3, -0.25) is 0 Å². The highest BCUT2D eigenvalue weighted by atomic mass is 19.4. The molecule has 0 unspecified atom stereocenters. The first-order valence-electron chi connectivity index (χ1n) is 4.65. The summed E-state index contributed by atoms with van der Waals surface area (Å²) in [5, 5.41) is 0. The molecule has 0 saturated heterocycles. The van der Waals surface area contributed by atoms with Gasteiger partial charge < -0.3 is 0 Å². The van der Waals surface area contributed by atoms with Crippen LogP contribution in [0.4, 0.5) is 65.9 Å². The number of hydrogen-bond acceptors (Lipinski definition) is 0. The summed E-state index contributed by atoms with van der Waals surface area (Å²) in [5.74, 6) is -43.3. The second kappa shape index (κ2) is 5.36. The first-order valence-corrected chi connectivity index (χ1v) is 4.65. The highest BCUT2D eigenvalue weighted by Crippen LogP contribution is 2.61. The molecule has 0 fully saturated rings. The molecule has 0 heterocycles. The monoisotopic (exact) mass is 382 g/mol. The summed E-state index contributed by atoms with van der Waals surface area (Å²) in [4.78, 5) is 0. The van der Waals surface area contributed by atoms with Gasteiger partial charge in [0.2, 0.25) is 5.83 Å². The zero-order valence-electron chi connectivity index (χ0n) is 9.75. The van der Waals surface area contributed by atoms with Crippen molar-refractivity contribution >= 4 is 0 Å². The largest absolute Gasteiger partial charge is 0.460 e. The van der Waals surface area contributed by atoms with E-state index in [0.29, 0.717) is 0 Å². The van der Waals surface area contributed by atoms with Gasteiger partial charge in [-0.15, -0.1) is 0 Å². The Labute approximate surface area is 115 Å². The minimum absolute atomic E-state index is 2.09. The first-order chi connectivity index (χ1) is 9.73. The van der Waals surface area contributed by atoms with Crippen molar-refractivity contribution in [3.63, 3.8) is 0 Å². The molecule has 0 N–H and O–H groups in total. The quantitative estimate of drug-likeness (QED) is 0.551. The maximum atomic E-state index is 12.7. The van der Waals surface area contributed by atoms with Gasteiger partial charge in [0.25, 0.3) is 0 Å². The van der Waals surface area contributed by atoms with Crippen molar-refractivity contribution in [1.82, 2.24) is 0 Å². The van der Waals surface area contributed by atoms with Gasteiger partial charge in [-0.1, -0.05) is 0 Å². The Morgan fingerprint density at radius 3 is 1.09 bits per heavy atom. The van der Waals surface area contributed by atoms with Crippen LogP contribution in [0.1, 0.15) is 0 Å². The summed E-state index contributed by atoms with van der Waals surface area (Å²) in [6.45, 7) is 0. The smallest absolute Gasteiger partial charge is 0.212 e. The average Bonchev–Trinajstić information content (AvgIpc) is 2.35. The van der Waals surface area contributed by atoms with E-state index in [4.69, 9.17) is 0 Å². The van der Waals surface area contributed by atoms with E-state index in [0.717, 1.165) is 0 Å². The molecule has 0 aromatic rings. The van der Waals surface area contributed by atoms with Crippen LogP contribution in [0.15, 0.2) is 12.2 Å². The van der Waals surface area contributed by atoms with Crippen LogP contribution in [0.25, 0.3) is 0 Å². The third-order valence-corrected chi connectivity index (χ3v) is 2.33. The predicted molar refractivity (Wildman–Crippen MR) is 41.1 cm³/mol. The van der Waals surface area contributed by atoms with Crippen LogP contribution in [-0.4, -0.2) is 35.8 Å². The lowest BCUT2D eigenvalue weighted by atomic mass is 9.93. The summed E-state index contributed by atoms with van der Waals surface area (Å²) >= 11 is 0. The van der Waals surface area contributed by atoms with E-state index in [1.54, 1.807) is 0 Å². The van der Waals surface area contributed by atoms with Crippen molar-refractivity contribution in [3.8, 4) is 0 Å². The number of halogens is 15. The summed E-state index contributed by atoms with van der Waals surface area (Å²) in [6, 6.07) is 0. The van der Waals surface area contributed by atoms with E-state index in [1.165, 1.54) is 0 Å². The number of alkyl halides is 13. The summed E-state index contributed by atoms with van der Waals surface area (Å²) in [6.07, 6.45) is -9.65. The van der Waals surface area contributed by atoms with E-state index in [2.05, 4.69) is 0 Å². The maximum absolute atomic E-state index is 12.7. The third kappa shape index (κ3) is 2.70. The Balaban J connectivity index is 6.36. The standard InChI is InChI=1S/C8HF15/c9-1-2(10)3(11,12)4(13,14)5(15,16)6(17,18)7(19,20)8(21,22)23/h1H. The fraction of sp³-hybridized carbons (Fsp3) is 0.750. The van der Waals surface area contributed by atoms with Gasteiger partial charge in [0.1, 0.15) is 6.33 Å². The normalized spacial score (nSPS) is 16.7. The molecule has 0 aliphatic heterocycles. The molecule has 138 valence electrons. The zero-order valence-corrected chi connectivity index (χ0v) is 9.75. The lowest BCUT2D eigenvalue weighted by molar-refractivity contribution is -0.437. The number of allylic oxidation sites excluding steroid dienone is 1. The second-order valence-electron chi connectivity index (χ2n) is 3.83. The van der Waals surface area contributed by atoms with Gasteiger partial charge in [-0.2, -0.15) is 57.1 Å². The van der Waals surface area contributed by atoms with Crippen molar-refractivity contribution in [2.24, 2.45) is 0 Å². The van der Waals surface area contributed by atoms with Crippen molar-refractivity contribution in [3.05, 3.63) is 12.2 Å². The molecule has 0 aliphatic rings. The molecule has 23 heavy (non-hydrogen) atoms. The van der Waals surface area contributed by atoms with Crippen LogP contribution in [-0.2, 0) is 0 Å². The minimum Gasteiger partial charge on any atom is -0.212 e. The molecule has 0 aromatic carbocycles. The molecule has 0 atom stereocenters. The fourth-order valence-corrected chi connectivity index (χ4v) is 0.988. The van der Waals surface area contributed by atoms with E-state index >= 15 is 0 Å². The molecule has 0 aliphatic carbocycles. The van der Waals surface area contributed by atoms with Crippen LogP contribution in [0.3, 0.4) is 0 Å². The van der Waals surface area contributed by atoms with E-state index in [1.807, 2.05) is 0 Å². The highest BCUT2D eigenvalue weighted by molar-refractivity contribution is 5.17. The van der Waals surface area contributed by atoms with Crippen LogP contribution in [0.2, 0.25) is 0 Å². The molecular weight excluding hydrogens is 381 g/mol. The second-order valence-corrected chi connectivity index (χ2v) is 3.83. The van der Waals surface area contributed by atoms with Crippen molar-refractivity contribution in [2.75, 3.05) is 0 Å². The summed E-state index contributed by atoms with van der Waals surface area (Å²) in [5.41, 5.74) is 0. The van der Waals surface area contributed by atoms with Crippen LogP contribution in [0, 0.1) is 0 Å². The van der Waals surface area contributed by atoms with Crippen LogP contribution >= 0.6 is 0 Å². The summed E-state index contributed by atoms with van der Waals surface area (Å²) < 4.78 is 184. The molecule has 0 saturated carbocycles. The molecule has 0 bridgehead atoms. The van der Waals surface area contributed by atoms with Crippen LogP contribution < -0.4 is 0 Å². The van der Waals surface area contributed by atoms with Gasteiger partial charge in [-0.05, 0) is 0 Å². The molecule has 0 nitrogen and oxygen atoms in total.